The molecular formula is C18H17N3O2. The third-order valence-corrected chi connectivity index (χ3v) is 3.33. The van der Waals surface area contributed by atoms with E-state index in [0.29, 0.717) is 6.61 Å². The van der Waals surface area contributed by atoms with Crippen LogP contribution < -0.4 is 0 Å². The second kappa shape index (κ2) is 6.87. The normalized spacial score (nSPS) is 10.5. The van der Waals surface area contributed by atoms with E-state index in [1.54, 1.807) is 6.92 Å². The highest BCUT2D eigenvalue weighted by Gasteiger charge is 2.16. The summed E-state index contributed by atoms with van der Waals surface area (Å²) in [5.74, 6) is -0.346. The summed E-state index contributed by atoms with van der Waals surface area (Å²) in [4.78, 5) is 13.1. The van der Waals surface area contributed by atoms with Gasteiger partial charge in [0.2, 0.25) is 0 Å². The Morgan fingerprint density at radius 3 is 1.83 bits per heavy atom. The van der Waals surface area contributed by atoms with Gasteiger partial charge in [0.15, 0.2) is 6.54 Å². The van der Waals surface area contributed by atoms with Crippen LogP contribution in [-0.4, -0.2) is 27.6 Å². The summed E-state index contributed by atoms with van der Waals surface area (Å²) in [6.07, 6.45) is 0. The van der Waals surface area contributed by atoms with E-state index in [1.165, 1.54) is 4.80 Å². The molecule has 0 atom stereocenters. The molecule has 0 saturated heterocycles. The van der Waals surface area contributed by atoms with Crippen LogP contribution in [0.15, 0.2) is 60.7 Å². The first-order valence-electron chi connectivity index (χ1n) is 7.49. The molecule has 0 aliphatic heterocycles. The highest BCUT2D eigenvalue weighted by molar-refractivity contribution is 5.77. The maximum atomic E-state index is 11.7. The predicted molar refractivity (Wildman–Crippen MR) is 87.5 cm³/mol. The average molecular weight is 307 g/mol. The van der Waals surface area contributed by atoms with E-state index in [2.05, 4.69) is 10.2 Å². The molecule has 23 heavy (non-hydrogen) atoms. The molecule has 0 amide bonds. The minimum Gasteiger partial charge on any atom is -0.465 e. The standard InChI is InChI=1S/C18H17N3O2/c1-2-23-16(22)13-21-19-17(14-9-5-3-6-10-14)18(20-21)15-11-7-4-8-12-15/h3-12H,2,13H2,1H3. The van der Waals surface area contributed by atoms with E-state index in [0.717, 1.165) is 22.5 Å². The smallest absolute Gasteiger partial charge is 0.329 e. The number of rotatable bonds is 5. The van der Waals surface area contributed by atoms with Crippen molar-refractivity contribution < 1.29 is 9.53 Å². The largest absolute Gasteiger partial charge is 0.465 e. The van der Waals surface area contributed by atoms with Crippen LogP contribution in [0.1, 0.15) is 6.92 Å². The summed E-state index contributed by atoms with van der Waals surface area (Å²) in [7, 11) is 0. The van der Waals surface area contributed by atoms with Crippen LogP contribution in [0.5, 0.6) is 0 Å². The monoisotopic (exact) mass is 307 g/mol. The second-order valence-electron chi connectivity index (χ2n) is 4.96. The van der Waals surface area contributed by atoms with Gasteiger partial charge >= 0.3 is 5.97 Å². The molecule has 0 unspecified atom stereocenters. The van der Waals surface area contributed by atoms with E-state index < -0.39 is 0 Å². The molecular weight excluding hydrogens is 290 g/mol. The Hall–Kier alpha value is -2.95. The summed E-state index contributed by atoms with van der Waals surface area (Å²) in [6.45, 7) is 2.12. The Balaban J connectivity index is 2.02. The zero-order valence-electron chi connectivity index (χ0n) is 12.8. The molecule has 1 aromatic heterocycles. The zero-order valence-corrected chi connectivity index (χ0v) is 12.8. The summed E-state index contributed by atoms with van der Waals surface area (Å²) < 4.78 is 4.97. The highest BCUT2D eigenvalue weighted by atomic mass is 16.5. The van der Waals surface area contributed by atoms with Gasteiger partial charge in [-0.25, -0.2) is 4.79 Å². The van der Waals surface area contributed by atoms with Crippen molar-refractivity contribution in [3.05, 3.63) is 60.7 Å². The molecule has 3 aromatic rings. The Morgan fingerprint density at radius 1 is 0.913 bits per heavy atom. The van der Waals surface area contributed by atoms with E-state index in [9.17, 15) is 4.79 Å². The van der Waals surface area contributed by atoms with Gasteiger partial charge in [-0.2, -0.15) is 15.0 Å². The fourth-order valence-corrected chi connectivity index (χ4v) is 2.32. The molecule has 5 heteroatoms. The lowest BCUT2D eigenvalue weighted by atomic mass is 10.1. The van der Waals surface area contributed by atoms with Gasteiger partial charge in [0.1, 0.15) is 11.4 Å². The fourth-order valence-electron chi connectivity index (χ4n) is 2.32. The van der Waals surface area contributed by atoms with Crippen LogP contribution >= 0.6 is 0 Å². The second-order valence-corrected chi connectivity index (χ2v) is 4.96. The van der Waals surface area contributed by atoms with Gasteiger partial charge in [-0.05, 0) is 6.92 Å². The molecule has 0 aliphatic rings. The number of carbonyl (C=O) groups is 1. The van der Waals surface area contributed by atoms with Gasteiger partial charge in [-0.1, -0.05) is 60.7 Å². The summed E-state index contributed by atoms with van der Waals surface area (Å²) in [5.41, 5.74) is 3.42. The molecule has 0 saturated carbocycles. The van der Waals surface area contributed by atoms with Crippen LogP contribution in [0.3, 0.4) is 0 Å². The van der Waals surface area contributed by atoms with Crippen LogP contribution in [0.25, 0.3) is 22.5 Å². The third kappa shape index (κ3) is 3.45. The fraction of sp³-hybridized carbons (Fsp3) is 0.167. The predicted octanol–water partition coefficient (Wildman–Crippen LogP) is 3.18. The molecule has 0 spiro atoms. The van der Waals surface area contributed by atoms with Crippen molar-refractivity contribution in [3.63, 3.8) is 0 Å². The van der Waals surface area contributed by atoms with E-state index in [4.69, 9.17) is 4.74 Å². The molecule has 116 valence electrons. The summed E-state index contributed by atoms with van der Waals surface area (Å²) in [6, 6.07) is 19.6. The molecule has 3 rings (SSSR count). The van der Waals surface area contributed by atoms with Crippen molar-refractivity contribution in [1.82, 2.24) is 15.0 Å². The minimum atomic E-state index is -0.346. The van der Waals surface area contributed by atoms with Gasteiger partial charge in [-0.3, -0.25) is 0 Å². The molecule has 0 bridgehead atoms. The van der Waals surface area contributed by atoms with Gasteiger partial charge in [0.25, 0.3) is 0 Å². The van der Waals surface area contributed by atoms with E-state index in [1.807, 2.05) is 60.7 Å². The van der Waals surface area contributed by atoms with Crippen molar-refractivity contribution in [3.8, 4) is 22.5 Å². The molecule has 0 N–H and O–H groups in total. The molecule has 0 radical (unpaired) electrons. The number of esters is 1. The number of carbonyl (C=O) groups excluding carboxylic acids is 1. The maximum Gasteiger partial charge on any atom is 0.329 e. The van der Waals surface area contributed by atoms with Crippen molar-refractivity contribution in [1.29, 1.82) is 0 Å². The first-order chi connectivity index (χ1) is 11.3. The average Bonchev–Trinajstić information content (AvgIpc) is 3.00. The van der Waals surface area contributed by atoms with Gasteiger partial charge in [-0.15, -0.1) is 0 Å². The van der Waals surface area contributed by atoms with E-state index >= 15 is 0 Å². The Kier molecular flexibility index (Phi) is 4.47. The number of benzene rings is 2. The minimum absolute atomic E-state index is 0.000503. The Morgan fingerprint density at radius 2 is 1.39 bits per heavy atom. The lowest BCUT2D eigenvalue weighted by Crippen LogP contribution is -2.15. The van der Waals surface area contributed by atoms with E-state index in [-0.39, 0.29) is 12.5 Å². The van der Waals surface area contributed by atoms with Crippen LogP contribution in [0.2, 0.25) is 0 Å². The summed E-state index contributed by atoms with van der Waals surface area (Å²) in [5, 5.41) is 8.97. The van der Waals surface area contributed by atoms with Crippen molar-refractivity contribution in [2.24, 2.45) is 0 Å². The number of hydrogen-bond acceptors (Lipinski definition) is 4. The molecule has 0 aliphatic carbocycles. The van der Waals surface area contributed by atoms with Crippen molar-refractivity contribution in [2.75, 3.05) is 6.61 Å². The van der Waals surface area contributed by atoms with Crippen LogP contribution in [0, 0.1) is 0 Å². The van der Waals surface area contributed by atoms with Crippen LogP contribution in [-0.2, 0) is 16.1 Å². The van der Waals surface area contributed by atoms with Crippen molar-refractivity contribution >= 4 is 5.97 Å². The lowest BCUT2D eigenvalue weighted by Gasteiger charge is -2.00. The number of nitrogens with zero attached hydrogens (tertiary/aromatic N) is 3. The zero-order chi connectivity index (χ0) is 16.1. The number of ether oxygens (including phenoxy) is 1. The number of aromatic nitrogens is 3. The molecule has 0 fully saturated rings. The lowest BCUT2D eigenvalue weighted by molar-refractivity contribution is -0.144. The van der Waals surface area contributed by atoms with Crippen molar-refractivity contribution in [2.45, 2.75) is 13.5 Å². The van der Waals surface area contributed by atoms with Crippen LogP contribution in [0.4, 0.5) is 0 Å². The Bertz CT molecular complexity index is 726. The Labute approximate surface area is 134 Å². The summed E-state index contributed by atoms with van der Waals surface area (Å²) >= 11 is 0. The van der Waals surface area contributed by atoms with Gasteiger partial charge in [0, 0.05) is 11.1 Å². The van der Waals surface area contributed by atoms with Gasteiger partial charge < -0.3 is 4.74 Å². The topological polar surface area (TPSA) is 57.0 Å². The first-order valence-corrected chi connectivity index (χ1v) is 7.49. The van der Waals surface area contributed by atoms with Gasteiger partial charge in [0.05, 0.1) is 6.61 Å². The molecule has 2 aromatic carbocycles. The number of hydrogen-bond donors (Lipinski definition) is 0. The first kappa shape index (κ1) is 15.0. The SMILES string of the molecule is CCOC(=O)Cn1nc(-c2ccccc2)c(-c2ccccc2)n1. The molecule has 5 nitrogen and oxygen atoms in total. The third-order valence-electron chi connectivity index (χ3n) is 3.33. The quantitative estimate of drug-likeness (QED) is 0.679. The highest BCUT2D eigenvalue weighted by Crippen LogP contribution is 2.28. The maximum absolute atomic E-state index is 11.7. The molecule has 1 heterocycles.